The van der Waals surface area contributed by atoms with Gasteiger partial charge in [-0.1, -0.05) is 54.5 Å². The Morgan fingerprint density at radius 1 is 1.13 bits per heavy atom. The fourth-order valence-corrected chi connectivity index (χ4v) is 3.48. The van der Waals surface area contributed by atoms with Crippen LogP contribution in [0.15, 0.2) is 65.1 Å². The van der Waals surface area contributed by atoms with Crippen molar-refractivity contribution in [2.24, 2.45) is 5.16 Å². The summed E-state index contributed by atoms with van der Waals surface area (Å²) in [5.41, 5.74) is 3.30. The molecule has 0 fully saturated rings. The van der Waals surface area contributed by atoms with Gasteiger partial charge in [-0.2, -0.15) is 0 Å². The van der Waals surface area contributed by atoms with Gasteiger partial charge in [0.25, 0.3) is 0 Å². The summed E-state index contributed by atoms with van der Waals surface area (Å²) >= 11 is 1.57. The number of aromatic nitrogens is 1. The molecule has 3 aromatic rings. The van der Waals surface area contributed by atoms with E-state index in [1.807, 2.05) is 42.6 Å². The summed E-state index contributed by atoms with van der Waals surface area (Å²) in [5, 5.41) is 17.8. The second-order valence-electron chi connectivity index (χ2n) is 6.17. The minimum atomic E-state index is -1.12. The van der Waals surface area contributed by atoms with E-state index in [0.29, 0.717) is 24.3 Å². The van der Waals surface area contributed by atoms with Gasteiger partial charge in [0.2, 0.25) is 0 Å². The van der Waals surface area contributed by atoms with Gasteiger partial charge in [0.1, 0.15) is 23.1 Å². The van der Waals surface area contributed by atoms with Crippen LogP contribution in [0.25, 0.3) is 10.6 Å². The van der Waals surface area contributed by atoms with E-state index in [2.05, 4.69) is 10.1 Å². The van der Waals surface area contributed by atoms with Crippen LogP contribution in [0.2, 0.25) is 0 Å². The number of oxime groups is 1. The van der Waals surface area contributed by atoms with E-state index in [0.717, 1.165) is 22.0 Å². The van der Waals surface area contributed by atoms with Gasteiger partial charge in [-0.05, 0) is 24.1 Å². The summed E-state index contributed by atoms with van der Waals surface area (Å²) in [6.45, 7) is 2.56. The number of benzene rings is 2. The summed E-state index contributed by atoms with van der Waals surface area (Å²) in [7, 11) is 0. The molecular weight excluding hydrogens is 411 g/mol. The van der Waals surface area contributed by atoms with Crippen molar-refractivity contribution in [2.75, 3.05) is 13.2 Å². The summed E-state index contributed by atoms with van der Waals surface area (Å²) in [6.07, 6.45) is 0.556. The fourth-order valence-electron chi connectivity index (χ4n) is 2.64. The molecule has 8 heteroatoms. The first-order valence-corrected chi connectivity index (χ1v) is 10.2. The largest absolute Gasteiger partial charge is 1.00 e. The number of carbonyl (C=O) groups is 1. The zero-order valence-corrected chi connectivity index (χ0v) is 19.9. The third-order valence-electron chi connectivity index (χ3n) is 4.02. The van der Waals surface area contributed by atoms with Crippen LogP contribution < -0.4 is 39.4 Å². The van der Waals surface area contributed by atoms with Crippen molar-refractivity contribution in [2.45, 2.75) is 19.8 Å². The Morgan fingerprint density at radius 3 is 2.67 bits per heavy atom. The standard InChI is InChI=1S/C22H22N2O4S.Na/c1-2-19(20-15-29-22(23-20)17-8-4-3-5-9-17)24-28-12-11-27-18-10-6-7-16(13-18)14-21(25)26;/h3-10,13,15H,2,11-12,14H2,1H3,(H,25,26);/q;+1/p-1. The van der Waals surface area contributed by atoms with E-state index in [9.17, 15) is 9.90 Å². The van der Waals surface area contributed by atoms with Gasteiger partial charge in [0.15, 0.2) is 6.61 Å². The van der Waals surface area contributed by atoms with E-state index < -0.39 is 5.97 Å². The van der Waals surface area contributed by atoms with Crippen molar-refractivity contribution in [3.63, 3.8) is 0 Å². The number of rotatable bonds is 10. The van der Waals surface area contributed by atoms with Crippen molar-refractivity contribution >= 4 is 23.0 Å². The first kappa shape index (κ1) is 24.1. The Bertz CT molecular complexity index is 976. The second-order valence-corrected chi connectivity index (χ2v) is 7.03. The van der Waals surface area contributed by atoms with Crippen LogP contribution >= 0.6 is 11.3 Å². The molecule has 150 valence electrons. The molecule has 0 amide bonds. The molecule has 1 aromatic heterocycles. The zero-order valence-electron chi connectivity index (χ0n) is 17.0. The van der Waals surface area contributed by atoms with Gasteiger partial charge in [-0.15, -0.1) is 11.3 Å². The van der Waals surface area contributed by atoms with Crippen molar-refractivity contribution in [1.82, 2.24) is 4.98 Å². The first-order chi connectivity index (χ1) is 14.2. The molecule has 0 radical (unpaired) electrons. The van der Waals surface area contributed by atoms with Gasteiger partial charge in [0, 0.05) is 23.3 Å². The van der Waals surface area contributed by atoms with Gasteiger partial charge < -0.3 is 19.5 Å². The van der Waals surface area contributed by atoms with Crippen molar-refractivity contribution in [3.05, 3.63) is 71.2 Å². The van der Waals surface area contributed by atoms with Crippen LogP contribution in [0, 0.1) is 0 Å². The van der Waals surface area contributed by atoms with E-state index >= 15 is 0 Å². The van der Waals surface area contributed by atoms with Crippen LogP contribution in [0.4, 0.5) is 0 Å². The summed E-state index contributed by atoms with van der Waals surface area (Å²) in [5.74, 6) is -0.538. The summed E-state index contributed by atoms with van der Waals surface area (Å²) < 4.78 is 5.59. The number of aliphatic carboxylic acids is 1. The summed E-state index contributed by atoms with van der Waals surface area (Å²) in [6, 6.07) is 16.9. The molecular formula is C22H21N2NaO4S. The SMILES string of the molecule is CCC(=NOCCOc1cccc(CC(=O)[O-])c1)c1csc(-c2ccccc2)n1.[Na+]. The fraction of sp³-hybridized carbons (Fsp3) is 0.227. The molecule has 0 saturated carbocycles. The Balaban J connectivity index is 0.00000320. The van der Waals surface area contributed by atoms with Crippen LogP contribution in [-0.4, -0.2) is 29.9 Å². The minimum absolute atomic E-state index is 0. The molecule has 0 spiro atoms. The molecule has 0 saturated heterocycles. The number of nitrogens with zero attached hydrogens (tertiary/aromatic N) is 2. The molecule has 3 rings (SSSR count). The third-order valence-corrected chi connectivity index (χ3v) is 4.91. The quantitative estimate of drug-likeness (QED) is 0.199. The monoisotopic (exact) mass is 432 g/mol. The minimum Gasteiger partial charge on any atom is -0.550 e. The molecule has 0 bridgehead atoms. The Kier molecular flexibility index (Phi) is 10.0. The number of carboxylic acids is 1. The van der Waals surface area contributed by atoms with Crippen LogP contribution in [0.1, 0.15) is 24.6 Å². The normalized spacial score (nSPS) is 10.9. The Hall–Kier alpha value is -2.19. The maximum absolute atomic E-state index is 10.7. The van der Waals surface area contributed by atoms with Crippen LogP contribution in [0.5, 0.6) is 5.75 Å². The molecule has 0 aliphatic carbocycles. The maximum atomic E-state index is 10.7. The molecule has 0 unspecified atom stereocenters. The van der Waals surface area contributed by atoms with E-state index in [4.69, 9.17) is 9.57 Å². The maximum Gasteiger partial charge on any atom is 1.00 e. The Morgan fingerprint density at radius 2 is 1.93 bits per heavy atom. The average molecular weight is 432 g/mol. The first-order valence-electron chi connectivity index (χ1n) is 9.27. The predicted octanol–water partition coefficient (Wildman–Crippen LogP) is 0.316. The van der Waals surface area contributed by atoms with Crippen molar-refractivity contribution in [1.29, 1.82) is 0 Å². The molecule has 30 heavy (non-hydrogen) atoms. The van der Waals surface area contributed by atoms with Crippen LogP contribution in [0.3, 0.4) is 0 Å². The number of ether oxygens (including phenoxy) is 1. The number of hydrogen-bond donors (Lipinski definition) is 0. The molecule has 1 heterocycles. The van der Waals surface area contributed by atoms with Gasteiger partial charge in [-0.25, -0.2) is 4.98 Å². The molecule has 6 nitrogen and oxygen atoms in total. The van der Waals surface area contributed by atoms with E-state index in [1.165, 1.54) is 0 Å². The second kappa shape index (κ2) is 12.5. The number of carboxylic acid groups (broad SMARTS) is 1. The van der Waals surface area contributed by atoms with E-state index in [1.54, 1.807) is 35.6 Å². The molecule has 0 N–H and O–H groups in total. The molecule has 0 aliphatic rings. The van der Waals surface area contributed by atoms with Gasteiger partial charge in [-0.3, -0.25) is 0 Å². The topological polar surface area (TPSA) is 83.8 Å². The van der Waals surface area contributed by atoms with Crippen LogP contribution in [-0.2, 0) is 16.1 Å². The molecule has 0 aliphatic heterocycles. The van der Waals surface area contributed by atoms with E-state index in [-0.39, 0.29) is 42.6 Å². The van der Waals surface area contributed by atoms with Crippen molar-refractivity contribution in [3.8, 4) is 16.3 Å². The Labute approximate surface area is 201 Å². The van der Waals surface area contributed by atoms with Gasteiger partial charge in [0.05, 0.1) is 5.69 Å². The third kappa shape index (κ3) is 7.25. The van der Waals surface area contributed by atoms with Crippen molar-refractivity contribution < 1.29 is 49.0 Å². The smallest absolute Gasteiger partial charge is 0.550 e. The number of hydrogen-bond acceptors (Lipinski definition) is 7. The summed E-state index contributed by atoms with van der Waals surface area (Å²) in [4.78, 5) is 20.7. The van der Waals surface area contributed by atoms with Gasteiger partial charge >= 0.3 is 29.6 Å². The average Bonchev–Trinajstić information content (AvgIpc) is 3.21. The number of thiazole rings is 1. The molecule has 0 atom stereocenters. The number of carbonyl (C=O) groups excluding carboxylic acids is 1. The predicted molar refractivity (Wildman–Crippen MR) is 111 cm³/mol. The molecule has 2 aromatic carbocycles. The zero-order chi connectivity index (χ0) is 20.5.